The first kappa shape index (κ1) is 25.3. The molecule has 29 heavy (non-hydrogen) atoms. The van der Waals surface area contributed by atoms with Crippen molar-refractivity contribution in [3.8, 4) is 5.75 Å². The maximum absolute atomic E-state index is 5.83. The molecule has 0 bridgehead atoms. The van der Waals surface area contributed by atoms with E-state index in [1.165, 1.54) is 0 Å². The largest absolute Gasteiger partial charge is 0.491 e. The maximum atomic E-state index is 5.83. The average molecular weight is 517 g/mol. The highest BCUT2D eigenvalue weighted by atomic mass is 127. The van der Waals surface area contributed by atoms with Crippen molar-refractivity contribution in [3.05, 3.63) is 53.5 Å². The van der Waals surface area contributed by atoms with Crippen LogP contribution in [0.4, 0.5) is 0 Å². The molecule has 1 heterocycles. The molecule has 8 heteroatoms. The number of rotatable bonds is 12. The van der Waals surface area contributed by atoms with Crippen molar-refractivity contribution in [3.63, 3.8) is 0 Å². The molecule has 1 aromatic carbocycles. The zero-order chi connectivity index (χ0) is 20.0. The molecule has 0 aliphatic rings. The molecule has 1 aromatic heterocycles. The number of hydrogen-bond acceptors (Lipinski definition) is 5. The van der Waals surface area contributed by atoms with Gasteiger partial charge in [-0.25, -0.2) is 0 Å². The topological polar surface area (TPSA) is 77.3 Å². The summed E-state index contributed by atoms with van der Waals surface area (Å²) >= 11 is 0. The van der Waals surface area contributed by atoms with Crippen molar-refractivity contribution < 1.29 is 18.6 Å². The van der Waals surface area contributed by atoms with Crippen LogP contribution < -0.4 is 15.4 Å². The monoisotopic (exact) mass is 517 g/mol. The van der Waals surface area contributed by atoms with Crippen LogP contribution in [0.3, 0.4) is 0 Å². The van der Waals surface area contributed by atoms with Crippen LogP contribution in [0.1, 0.15) is 23.3 Å². The standard InChI is InChI=1S/C21H31N3O4.HI/c1-17-7-8-18(20(14-17)28-13-12-25-3)15-24-21(22-2)23-9-5-10-26-16-19-6-4-11-27-19;/h4,6-8,11,14H,5,9-10,12-13,15-16H2,1-3H3,(H2,22,23,24);1H. The average Bonchev–Trinajstić information content (AvgIpc) is 3.21. The van der Waals surface area contributed by atoms with Gasteiger partial charge in [0.15, 0.2) is 5.96 Å². The minimum absolute atomic E-state index is 0. The number of halogens is 1. The Morgan fingerprint density at radius 2 is 2.00 bits per heavy atom. The quantitative estimate of drug-likeness (QED) is 0.194. The second-order valence-corrected chi connectivity index (χ2v) is 6.29. The summed E-state index contributed by atoms with van der Waals surface area (Å²) in [5, 5.41) is 6.61. The number of guanidine groups is 1. The van der Waals surface area contributed by atoms with Crippen LogP contribution in [-0.2, 0) is 22.6 Å². The van der Waals surface area contributed by atoms with E-state index in [9.17, 15) is 0 Å². The SMILES string of the molecule is CN=C(NCCCOCc1ccco1)NCc1ccc(C)cc1OCCOC.I. The van der Waals surface area contributed by atoms with Crippen molar-refractivity contribution in [2.75, 3.05) is 40.5 Å². The third kappa shape index (κ3) is 10.00. The fourth-order valence-corrected chi connectivity index (χ4v) is 2.53. The Kier molecular flexibility index (Phi) is 13.2. The van der Waals surface area contributed by atoms with Crippen LogP contribution in [-0.4, -0.2) is 46.5 Å². The Morgan fingerprint density at radius 1 is 1.14 bits per heavy atom. The summed E-state index contributed by atoms with van der Waals surface area (Å²) in [5.41, 5.74) is 2.24. The van der Waals surface area contributed by atoms with Crippen LogP contribution in [0.25, 0.3) is 0 Å². The van der Waals surface area contributed by atoms with Gasteiger partial charge in [-0.1, -0.05) is 12.1 Å². The highest BCUT2D eigenvalue weighted by molar-refractivity contribution is 14.0. The van der Waals surface area contributed by atoms with Gasteiger partial charge in [0.2, 0.25) is 0 Å². The number of benzene rings is 1. The van der Waals surface area contributed by atoms with Crippen molar-refractivity contribution in [1.82, 2.24) is 10.6 Å². The van der Waals surface area contributed by atoms with Gasteiger partial charge in [-0.3, -0.25) is 4.99 Å². The highest BCUT2D eigenvalue weighted by Gasteiger charge is 2.06. The molecule has 7 nitrogen and oxygen atoms in total. The second kappa shape index (κ2) is 15.1. The minimum atomic E-state index is 0. The van der Waals surface area contributed by atoms with E-state index in [0.29, 0.717) is 33.0 Å². The normalized spacial score (nSPS) is 11.1. The summed E-state index contributed by atoms with van der Waals surface area (Å²) in [6.07, 6.45) is 2.52. The molecular weight excluding hydrogens is 485 g/mol. The molecule has 162 valence electrons. The van der Waals surface area contributed by atoms with E-state index in [2.05, 4.69) is 34.7 Å². The first-order valence-electron chi connectivity index (χ1n) is 9.49. The van der Waals surface area contributed by atoms with Crippen LogP contribution in [0, 0.1) is 6.92 Å². The lowest BCUT2D eigenvalue weighted by Crippen LogP contribution is -2.37. The van der Waals surface area contributed by atoms with Crippen molar-refractivity contribution in [2.45, 2.75) is 26.5 Å². The van der Waals surface area contributed by atoms with Crippen LogP contribution >= 0.6 is 24.0 Å². The minimum Gasteiger partial charge on any atom is -0.491 e. The lowest BCUT2D eigenvalue weighted by molar-refractivity contribution is 0.105. The Balaban J connectivity index is 0.00000420. The number of methoxy groups -OCH3 is 1. The molecule has 0 aliphatic heterocycles. The summed E-state index contributed by atoms with van der Waals surface area (Å²) in [6.45, 7) is 5.68. The van der Waals surface area contributed by atoms with Gasteiger partial charge >= 0.3 is 0 Å². The summed E-state index contributed by atoms with van der Waals surface area (Å²) in [4.78, 5) is 4.26. The summed E-state index contributed by atoms with van der Waals surface area (Å²) < 4.78 is 21.7. The van der Waals surface area contributed by atoms with Crippen molar-refractivity contribution in [2.24, 2.45) is 4.99 Å². The zero-order valence-electron chi connectivity index (χ0n) is 17.4. The van der Waals surface area contributed by atoms with Gasteiger partial charge in [-0.15, -0.1) is 24.0 Å². The summed E-state index contributed by atoms with van der Waals surface area (Å²) in [5.74, 6) is 2.45. The molecule has 0 saturated carbocycles. The van der Waals surface area contributed by atoms with Gasteiger partial charge in [0.1, 0.15) is 24.7 Å². The van der Waals surface area contributed by atoms with Crippen LogP contribution in [0.5, 0.6) is 5.75 Å². The smallest absolute Gasteiger partial charge is 0.191 e. The lowest BCUT2D eigenvalue weighted by atomic mass is 10.1. The first-order valence-corrected chi connectivity index (χ1v) is 9.49. The van der Waals surface area contributed by atoms with Crippen LogP contribution in [0.2, 0.25) is 0 Å². The van der Waals surface area contributed by atoms with E-state index in [1.54, 1.807) is 20.4 Å². The first-order chi connectivity index (χ1) is 13.7. The Morgan fingerprint density at radius 3 is 2.72 bits per heavy atom. The lowest BCUT2D eigenvalue weighted by Gasteiger charge is -2.15. The van der Waals surface area contributed by atoms with E-state index in [4.69, 9.17) is 18.6 Å². The Hall–Kier alpha value is -1.78. The van der Waals surface area contributed by atoms with E-state index >= 15 is 0 Å². The van der Waals surface area contributed by atoms with Gasteiger partial charge in [0.05, 0.1) is 12.9 Å². The third-order valence-corrected chi connectivity index (χ3v) is 4.02. The Labute approximate surface area is 190 Å². The number of aliphatic imine (C=N–C) groups is 1. The maximum Gasteiger partial charge on any atom is 0.191 e. The molecule has 2 rings (SSSR count). The van der Waals surface area contributed by atoms with Gasteiger partial charge in [0, 0.05) is 39.4 Å². The van der Waals surface area contributed by atoms with Crippen LogP contribution in [0.15, 0.2) is 46.0 Å². The van der Waals surface area contributed by atoms with E-state index in [1.807, 2.05) is 18.2 Å². The zero-order valence-corrected chi connectivity index (χ0v) is 19.7. The Bertz CT molecular complexity index is 708. The molecule has 2 aromatic rings. The summed E-state index contributed by atoms with van der Waals surface area (Å²) in [7, 11) is 3.42. The molecule has 0 aliphatic carbocycles. The molecular formula is C21H32IN3O4. The van der Waals surface area contributed by atoms with E-state index in [0.717, 1.165) is 41.6 Å². The number of furan rings is 1. The number of ether oxygens (including phenoxy) is 3. The molecule has 0 radical (unpaired) electrons. The van der Waals surface area contributed by atoms with E-state index < -0.39 is 0 Å². The second-order valence-electron chi connectivity index (χ2n) is 6.29. The fraction of sp³-hybridized carbons (Fsp3) is 0.476. The van der Waals surface area contributed by atoms with E-state index in [-0.39, 0.29) is 24.0 Å². The number of hydrogen-bond donors (Lipinski definition) is 2. The molecule has 0 unspecified atom stereocenters. The molecule has 0 amide bonds. The number of nitrogens with zero attached hydrogens (tertiary/aromatic N) is 1. The van der Waals surface area contributed by atoms with Gasteiger partial charge in [-0.05, 0) is 37.1 Å². The molecule has 0 spiro atoms. The van der Waals surface area contributed by atoms with Crippen molar-refractivity contribution in [1.29, 1.82) is 0 Å². The predicted octanol–water partition coefficient (Wildman–Crippen LogP) is 3.50. The molecule has 0 saturated heterocycles. The predicted molar refractivity (Wildman–Crippen MR) is 125 cm³/mol. The summed E-state index contributed by atoms with van der Waals surface area (Å²) in [6, 6.07) is 9.95. The molecule has 0 atom stereocenters. The van der Waals surface area contributed by atoms with Gasteiger partial charge in [-0.2, -0.15) is 0 Å². The van der Waals surface area contributed by atoms with Gasteiger partial charge in [0.25, 0.3) is 0 Å². The number of aryl methyl sites for hydroxylation is 1. The third-order valence-electron chi connectivity index (χ3n) is 4.02. The fourth-order valence-electron chi connectivity index (χ4n) is 2.53. The van der Waals surface area contributed by atoms with Gasteiger partial charge < -0.3 is 29.3 Å². The van der Waals surface area contributed by atoms with Crippen molar-refractivity contribution >= 4 is 29.9 Å². The highest BCUT2D eigenvalue weighted by Crippen LogP contribution is 2.20. The molecule has 0 fully saturated rings. The number of nitrogens with one attached hydrogen (secondary N) is 2. The molecule has 2 N–H and O–H groups in total.